The molecule has 0 aliphatic carbocycles. The summed E-state index contributed by atoms with van der Waals surface area (Å²) in [5, 5.41) is 0.246. The highest BCUT2D eigenvalue weighted by Gasteiger charge is 2.25. The quantitative estimate of drug-likeness (QED) is 0.712. The van der Waals surface area contributed by atoms with Crippen LogP contribution in [0.3, 0.4) is 0 Å². The molecular weight excluding hydrogens is 390 g/mol. The molecule has 0 saturated carbocycles. The summed E-state index contributed by atoms with van der Waals surface area (Å²) in [6, 6.07) is 4.03. The number of aromatic nitrogens is 3. The highest BCUT2D eigenvalue weighted by molar-refractivity contribution is 6.28. The van der Waals surface area contributed by atoms with E-state index in [2.05, 4.69) is 14.9 Å². The zero-order chi connectivity index (χ0) is 20.4. The summed E-state index contributed by atoms with van der Waals surface area (Å²) >= 11 is 6.16. The number of morpholine rings is 1. The number of anilines is 1. The number of ether oxygens (including phenoxy) is 1. The fourth-order valence-corrected chi connectivity index (χ4v) is 4.31. The summed E-state index contributed by atoms with van der Waals surface area (Å²) < 4.78 is 5.46. The summed E-state index contributed by atoms with van der Waals surface area (Å²) in [6.07, 6.45) is 2.95. The first-order valence-electron chi connectivity index (χ1n) is 10.5. The minimum Gasteiger partial charge on any atom is -0.378 e. The second-order valence-electron chi connectivity index (χ2n) is 8.21. The fraction of sp³-hybridized carbons (Fsp3) is 0.619. The smallest absolute Gasteiger partial charge is 0.225 e. The Morgan fingerprint density at radius 3 is 2.55 bits per heavy atom. The van der Waals surface area contributed by atoms with Gasteiger partial charge in [0.2, 0.25) is 11.2 Å². The first-order valence-corrected chi connectivity index (χ1v) is 10.8. The average molecular weight is 418 g/mol. The number of halogens is 1. The molecule has 8 heteroatoms. The van der Waals surface area contributed by atoms with Gasteiger partial charge in [-0.15, -0.1) is 0 Å². The molecule has 4 rings (SSSR count). The Kier molecular flexibility index (Phi) is 6.15. The third-order valence-electron chi connectivity index (χ3n) is 5.78. The van der Waals surface area contributed by atoms with E-state index >= 15 is 0 Å². The van der Waals surface area contributed by atoms with Crippen molar-refractivity contribution in [3.05, 3.63) is 23.1 Å². The molecule has 1 amide bonds. The van der Waals surface area contributed by atoms with E-state index in [4.69, 9.17) is 21.3 Å². The van der Waals surface area contributed by atoms with E-state index in [0.29, 0.717) is 19.1 Å². The molecule has 2 aliphatic heterocycles. The van der Waals surface area contributed by atoms with Crippen LogP contribution < -0.4 is 4.90 Å². The number of carbonyl (C=O) groups excluding carboxylic acids is 1. The van der Waals surface area contributed by atoms with Crippen molar-refractivity contribution in [1.29, 1.82) is 0 Å². The van der Waals surface area contributed by atoms with E-state index < -0.39 is 0 Å². The Labute approximate surface area is 176 Å². The highest BCUT2D eigenvalue weighted by atomic mass is 35.5. The monoisotopic (exact) mass is 417 g/mol. The Morgan fingerprint density at radius 1 is 1.14 bits per heavy atom. The summed E-state index contributed by atoms with van der Waals surface area (Å²) in [6.45, 7) is 8.52. The molecule has 7 nitrogen and oxygen atoms in total. The standard InChI is InChI=1S/C21H28ClN5O2/c1-14(2)20(28)27-7-5-15(6-8-27)13-16-3-4-17-18(23-16)19(25-21(22)24-17)26-9-11-29-12-10-26/h3-4,14-15H,5-13H2,1-2H3. The third-order valence-corrected chi connectivity index (χ3v) is 5.95. The number of likely N-dealkylation sites (tertiary alicyclic amines) is 1. The number of piperidine rings is 1. The molecule has 2 fully saturated rings. The van der Waals surface area contributed by atoms with Crippen LogP contribution in [0.4, 0.5) is 5.82 Å². The normalized spacial score (nSPS) is 18.6. The van der Waals surface area contributed by atoms with Crippen molar-refractivity contribution in [2.75, 3.05) is 44.3 Å². The summed E-state index contributed by atoms with van der Waals surface area (Å²) in [7, 11) is 0. The van der Waals surface area contributed by atoms with Crippen LogP contribution in [0.15, 0.2) is 12.1 Å². The molecule has 2 aromatic rings. The van der Waals surface area contributed by atoms with Crippen LogP contribution in [-0.2, 0) is 16.0 Å². The van der Waals surface area contributed by atoms with E-state index in [9.17, 15) is 4.79 Å². The van der Waals surface area contributed by atoms with E-state index in [0.717, 1.165) is 68.0 Å². The van der Waals surface area contributed by atoms with E-state index in [1.54, 1.807) is 0 Å². The van der Waals surface area contributed by atoms with Crippen LogP contribution in [-0.4, -0.2) is 65.2 Å². The van der Waals surface area contributed by atoms with Gasteiger partial charge in [0.15, 0.2) is 5.82 Å². The van der Waals surface area contributed by atoms with Crippen molar-refractivity contribution in [2.24, 2.45) is 11.8 Å². The van der Waals surface area contributed by atoms with E-state index in [1.165, 1.54) is 0 Å². The molecule has 0 unspecified atom stereocenters. The van der Waals surface area contributed by atoms with Crippen LogP contribution in [0.5, 0.6) is 0 Å². The Hall–Kier alpha value is -1.99. The SMILES string of the molecule is CC(C)C(=O)N1CCC(Cc2ccc3nc(Cl)nc(N4CCOCC4)c3n2)CC1. The van der Waals surface area contributed by atoms with Crippen molar-refractivity contribution in [2.45, 2.75) is 33.1 Å². The first-order chi connectivity index (χ1) is 14.0. The molecule has 0 aromatic carbocycles. The molecule has 0 radical (unpaired) electrons. The Balaban J connectivity index is 1.50. The van der Waals surface area contributed by atoms with Gasteiger partial charge < -0.3 is 14.5 Å². The number of pyridine rings is 1. The maximum atomic E-state index is 12.2. The maximum absolute atomic E-state index is 12.2. The van der Waals surface area contributed by atoms with Gasteiger partial charge in [-0.25, -0.2) is 9.97 Å². The summed E-state index contributed by atoms with van der Waals surface area (Å²) in [5.74, 6) is 1.66. The van der Waals surface area contributed by atoms with E-state index in [1.807, 2.05) is 30.9 Å². The number of rotatable bonds is 4. The molecule has 2 saturated heterocycles. The van der Waals surface area contributed by atoms with Gasteiger partial charge in [0.25, 0.3) is 0 Å². The average Bonchev–Trinajstić information content (AvgIpc) is 2.74. The molecule has 2 aliphatic rings. The van der Waals surface area contributed by atoms with Gasteiger partial charge in [-0.05, 0) is 48.9 Å². The molecule has 0 spiro atoms. The highest BCUT2D eigenvalue weighted by Crippen LogP contribution is 2.27. The zero-order valence-electron chi connectivity index (χ0n) is 17.1. The third kappa shape index (κ3) is 4.61. The van der Waals surface area contributed by atoms with Crippen molar-refractivity contribution in [1.82, 2.24) is 19.9 Å². The van der Waals surface area contributed by atoms with Gasteiger partial charge in [0.05, 0.1) is 18.7 Å². The lowest BCUT2D eigenvalue weighted by molar-refractivity contribution is -0.135. The van der Waals surface area contributed by atoms with Gasteiger partial charge in [-0.3, -0.25) is 4.79 Å². The van der Waals surface area contributed by atoms with Gasteiger partial charge in [-0.2, -0.15) is 4.98 Å². The van der Waals surface area contributed by atoms with E-state index in [-0.39, 0.29) is 17.1 Å². The van der Waals surface area contributed by atoms with Crippen molar-refractivity contribution < 1.29 is 9.53 Å². The van der Waals surface area contributed by atoms with Crippen molar-refractivity contribution in [3.8, 4) is 0 Å². The number of amides is 1. The second kappa shape index (κ2) is 8.79. The van der Waals surface area contributed by atoms with Crippen LogP contribution in [0.25, 0.3) is 11.0 Å². The van der Waals surface area contributed by atoms with Gasteiger partial charge in [0, 0.05) is 37.8 Å². The number of carbonyl (C=O) groups is 1. The van der Waals surface area contributed by atoms with Crippen LogP contribution in [0, 0.1) is 11.8 Å². The molecule has 0 bridgehead atoms. The fourth-order valence-electron chi connectivity index (χ4n) is 4.14. The van der Waals surface area contributed by atoms with Crippen LogP contribution in [0.2, 0.25) is 5.28 Å². The largest absolute Gasteiger partial charge is 0.378 e. The number of fused-ring (bicyclic) bond motifs is 1. The number of nitrogens with zero attached hydrogens (tertiary/aromatic N) is 5. The Morgan fingerprint density at radius 2 is 1.86 bits per heavy atom. The molecule has 156 valence electrons. The maximum Gasteiger partial charge on any atom is 0.225 e. The predicted molar refractivity (Wildman–Crippen MR) is 113 cm³/mol. The Bertz CT molecular complexity index is 877. The number of hydrogen-bond donors (Lipinski definition) is 0. The molecule has 29 heavy (non-hydrogen) atoms. The molecule has 4 heterocycles. The van der Waals surface area contributed by atoms with Gasteiger partial charge in [0.1, 0.15) is 5.52 Å². The lowest BCUT2D eigenvalue weighted by Gasteiger charge is -2.33. The molecule has 0 atom stereocenters. The predicted octanol–water partition coefficient (Wildman–Crippen LogP) is 2.95. The summed E-state index contributed by atoms with van der Waals surface area (Å²) in [5.41, 5.74) is 2.63. The topological polar surface area (TPSA) is 71.5 Å². The molecular formula is C21H28ClN5O2. The second-order valence-corrected chi connectivity index (χ2v) is 8.55. The lowest BCUT2D eigenvalue weighted by atomic mass is 9.91. The van der Waals surface area contributed by atoms with Gasteiger partial charge in [-0.1, -0.05) is 13.8 Å². The van der Waals surface area contributed by atoms with Crippen molar-refractivity contribution >= 4 is 34.4 Å². The minimum absolute atomic E-state index is 0.0686. The van der Waals surface area contributed by atoms with Crippen molar-refractivity contribution in [3.63, 3.8) is 0 Å². The number of hydrogen-bond acceptors (Lipinski definition) is 6. The molecule has 2 aromatic heterocycles. The minimum atomic E-state index is 0.0686. The van der Waals surface area contributed by atoms with Crippen LogP contribution >= 0.6 is 11.6 Å². The van der Waals surface area contributed by atoms with Crippen LogP contribution in [0.1, 0.15) is 32.4 Å². The lowest BCUT2D eigenvalue weighted by Crippen LogP contribution is -2.41. The molecule has 0 N–H and O–H groups in total. The van der Waals surface area contributed by atoms with Gasteiger partial charge >= 0.3 is 0 Å². The zero-order valence-corrected chi connectivity index (χ0v) is 17.9. The summed E-state index contributed by atoms with van der Waals surface area (Å²) in [4.78, 5) is 30.1. The first kappa shape index (κ1) is 20.3.